The smallest absolute Gasteiger partial charge is 0.481 e. The Balaban J connectivity index is 2.03. The molecule has 2 aromatic heterocycles. The van der Waals surface area contributed by atoms with Crippen molar-refractivity contribution in [2.24, 2.45) is 0 Å². The van der Waals surface area contributed by atoms with Gasteiger partial charge in [-0.3, -0.25) is 0 Å². The number of esters is 1. The Labute approximate surface area is 222 Å². The number of methoxy groups -OCH3 is 4. The normalized spacial score (nSPS) is 11.0. The molecule has 39 heavy (non-hydrogen) atoms. The second-order valence-electron chi connectivity index (χ2n) is 7.08. The van der Waals surface area contributed by atoms with Crippen LogP contribution in [-0.4, -0.2) is 73.4 Å². The summed E-state index contributed by atoms with van der Waals surface area (Å²) in [6, 6.07) is 6.83. The Morgan fingerprint density at radius 2 is 1.18 bits per heavy atom. The summed E-state index contributed by atoms with van der Waals surface area (Å²) in [5.41, 5.74) is -0.243. The van der Waals surface area contributed by atoms with Crippen molar-refractivity contribution < 1.29 is 52.2 Å². The molecular formula is C24H26N4O11. The lowest BCUT2D eigenvalue weighted by Gasteiger charge is -2.17. The third kappa shape index (κ3) is 7.70. The number of carbonyl (C=O) groups excluding carboxylic acids is 2. The van der Waals surface area contributed by atoms with E-state index in [0.29, 0.717) is 0 Å². The van der Waals surface area contributed by atoms with E-state index in [1.807, 2.05) is 0 Å². The van der Waals surface area contributed by atoms with Gasteiger partial charge in [0.05, 0.1) is 47.2 Å². The molecule has 0 saturated heterocycles. The zero-order chi connectivity index (χ0) is 28.4. The van der Waals surface area contributed by atoms with Gasteiger partial charge < -0.3 is 42.6 Å². The first kappa shape index (κ1) is 28.5. The summed E-state index contributed by atoms with van der Waals surface area (Å²) in [6.45, 7) is 2.99. The number of hydrogen-bond donors (Lipinski definition) is 0. The van der Waals surface area contributed by atoms with Crippen LogP contribution in [0, 0.1) is 0 Å². The number of benzene rings is 1. The van der Waals surface area contributed by atoms with Crippen molar-refractivity contribution in [3.8, 4) is 47.0 Å². The molecule has 0 saturated carbocycles. The second kappa shape index (κ2) is 13.5. The lowest BCUT2D eigenvalue weighted by Crippen LogP contribution is -2.23. The number of nitrogens with zero attached hydrogens (tertiary/aromatic N) is 4. The summed E-state index contributed by atoms with van der Waals surface area (Å²) in [5.74, 6) is -0.619. The molecule has 3 aromatic rings. The fraction of sp³-hybridized carbons (Fsp3) is 0.333. The molecule has 0 N–H and O–H groups in total. The molecule has 208 valence electrons. The molecule has 1 aromatic carbocycles. The fourth-order valence-corrected chi connectivity index (χ4v) is 2.88. The van der Waals surface area contributed by atoms with Crippen molar-refractivity contribution in [1.82, 2.24) is 19.9 Å². The van der Waals surface area contributed by atoms with Gasteiger partial charge in [-0.25, -0.2) is 9.59 Å². The Hall–Kier alpha value is -5.08. The van der Waals surface area contributed by atoms with Crippen LogP contribution in [0.2, 0.25) is 0 Å². The van der Waals surface area contributed by atoms with E-state index < -0.39 is 18.4 Å². The predicted octanol–water partition coefficient (Wildman–Crippen LogP) is 3.56. The fourth-order valence-electron chi connectivity index (χ4n) is 2.88. The van der Waals surface area contributed by atoms with E-state index in [1.165, 1.54) is 65.7 Å². The van der Waals surface area contributed by atoms with Crippen LogP contribution in [0.1, 0.15) is 24.2 Å². The Bertz CT molecular complexity index is 1180. The SMILES string of the molecule is CCOC(=O)OC(C)OC(=O)c1c(Oc2nc(OC)cc(OC)n2)cccc1Oc1nc(OC)cc(OC)n1. The van der Waals surface area contributed by atoms with Crippen molar-refractivity contribution in [2.45, 2.75) is 20.1 Å². The quantitative estimate of drug-likeness (QED) is 0.238. The standard InChI is InChI=1S/C24H26N4O11/c1-7-35-24(30)37-13(2)36-21(29)20-14(38-22-25-16(31-3)11-17(26-22)32-4)9-8-10-15(20)39-23-27-18(33-5)12-19(28-23)34-6/h8-13H,7H2,1-6H3. The van der Waals surface area contributed by atoms with Crippen LogP contribution in [0.15, 0.2) is 30.3 Å². The zero-order valence-corrected chi connectivity index (χ0v) is 22.0. The molecule has 0 radical (unpaired) electrons. The van der Waals surface area contributed by atoms with Crippen molar-refractivity contribution >= 4 is 12.1 Å². The maximum atomic E-state index is 13.3. The molecule has 15 heteroatoms. The molecule has 2 heterocycles. The Morgan fingerprint density at radius 1 is 0.744 bits per heavy atom. The number of rotatable bonds is 12. The predicted molar refractivity (Wildman–Crippen MR) is 130 cm³/mol. The van der Waals surface area contributed by atoms with Gasteiger partial charge in [-0.1, -0.05) is 6.07 Å². The summed E-state index contributed by atoms with van der Waals surface area (Å²) in [6.07, 6.45) is -2.36. The minimum atomic E-state index is -1.33. The largest absolute Gasteiger partial charge is 0.511 e. The minimum Gasteiger partial charge on any atom is -0.481 e. The van der Waals surface area contributed by atoms with Crippen molar-refractivity contribution in [3.05, 3.63) is 35.9 Å². The van der Waals surface area contributed by atoms with Crippen LogP contribution in [0.3, 0.4) is 0 Å². The lowest BCUT2D eigenvalue weighted by atomic mass is 10.2. The summed E-state index contributed by atoms with van der Waals surface area (Å²) >= 11 is 0. The molecule has 0 fully saturated rings. The van der Waals surface area contributed by atoms with E-state index in [-0.39, 0.29) is 59.2 Å². The zero-order valence-electron chi connectivity index (χ0n) is 22.0. The van der Waals surface area contributed by atoms with Crippen LogP contribution < -0.4 is 28.4 Å². The monoisotopic (exact) mass is 546 g/mol. The van der Waals surface area contributed by atoms with E-state index in [9.17, 15) is 9.59 Å². The van der Waals surface area contributed by atoms with Gasteiger partial charge in [-0.2, -0.15) is 19.9 Å². The van der Waals surface area contributed by atoms with E-state index in [2.05, 4.69) is 19.9 Å². The van der Waals surface area contributed by atoms with E-state index in [4.69, 9.17) is 42.6 Å². The molecule has 1 atom stereocenters. The van der Waals surface area contributed by atoms with Gasteiger partial charge in [-0.15, -0.1) is 0 Å². The number of hydrogen-bond acceptors (Lipinski definition) is 15. The third-order valence-corrected chi connectivity index (χ3v) is 4.55. The first-order valence-electron chi connectivity index (χ1n) is 11.3. The first-order chi connectivity index (χ1) is 18.8. The second-order valence-corrected chi connectivity index (χ2v) is 7.08. The molecule has 3 rings (SSSR count). The van der Waals surface area contributed by atoms with Gasteiger partial charge in [0.2, 0.25) is 29.8 Å². The van der Waals surface area contributed by atoms with Crippen molar-refractivity contribution in [1.29, 1.82) is 0 Å². The highest BCUT2D eigenvalue weighted by molar-refractivity contribution is 5.96. The van der Waals surface area contributed by atoms with Gasteiger partial charge >= 0.3 is 24.1 Å². The average Bonchev–Trinajstić information content (AvgIpc) is 2.92. The highest BCUT2D eigenvalue weighted by Crippen LogP contribution is 2.35. The minimum absolute atomic E-state index is 0.0716. The van der Waals surface area contributed by atoms with Crippen LogP contribution in [-0.2, 0) is 14.2 Å². The molecule has 0 bridgehead atoms. The molecule has 1 unspecified atom stereocenters. The lowest BCUT2D eigenvalue weighted by molar-refractivity contribution is -0.0812. The highest BCUT2D eigenvalue weighted by Gasteiger charge is 2.26. The van der Waals surface area contributed by atoms with Crippen LogP contribution >= 0.6 is 0 Å². The van der Waals surface area contributed by atoms with Crippen molar-refractivity contribution in [2.75, 3.05) is 35.0 Å². The molecule has 0 aliphatic rings. The topological polar surface area (TPSA) is 169 Å². The number of carbonyl (C=O) groups is 2. The van der Waals surface area contributed by atoms with E-state index >= 15 is 0 Å². The van der Waals surface area contributed by atoms with Crippen molar-refractivity contribution in [3.63, 3.8) is 0 Å². The number of aromatic nitrogens is 4. The summed E-state index contributed by atoms with van der Waals surface area (Å²) in [4.78, 5) is 41.4. The maximum absolute atomic E-state index is 13.3. The third-order valence-electron chi connectivity index (χ3n) is 4.55. The Kier molecular flexibility index (Phi) is 9.83. The van der Waals surface area contributed by atoms with Crippen LogP contribution in [0.4, 0.5) is 4.79 Å². The maximum Gasteiger partial charge on any atom is 0.511 e. The van der Waals surface area contributed by atoms with Gasteiger partial charge in [0.1, 0.15) is 17.1 Å². The first-order valence-corrected chi connectivity index (χ1v) is 11.3. The Morgan fingerprint density at radius 3 is 1.56 bits per heavy atom. The number of ether oxygens (including phenoxy) is 9. The summed E-state index contributed by atoms with van der Waals surface area (Å²) in [7, 11) is 5.60. The van der Waals surface area contributed by atoms with Gasteiger partial charge in [0.25, 0.3) is 0 Å². The molecular weight excluding hydrogens is 520 g/mol. The van der Waals surface area contributed by atoms with Crippen LogP contribution in [0.5, 0.6) is 47.0 Å². The summed E-state index contributed by atoms with van der Waals surface area (Å²) in [5, 5.41) is 0. The van der Waals surface area contributed by atoms with E-state index in [1.54, 1.807) is 6.92 Å². The summed E-state index contributed by atoms with van der Waals surface area (Å²) < 4.78 is 47.1. The molecule has 15 nitrogen and oxygen atoms in total. The molecule has 0 amide bonds. The molecule has 0 aliphatic heterocycles. The average molecular weight is 546 g/mol. The van der Waals surface area contributed by atoms with Gasteiger partial charge in [-0.05, 0) is 19.1 Å². The van der Waals surface area contributed by atoms with E-state index in [0.717, 1.165) is 0 Å². The van der Waals surface area contributed by atoms with Gasteiger partial charge in [0, 0.05) is 6.92 Å². The van der Waals surface area contributed by atoms with Crippen LogP contribution in [0.25, 0.3) is 0 Å². The highest BCUT2D eigenvalue weighted by atomic mass is 16.8. The van der Waals surface area contributed by atoms with Gasteiger partial charge in [0.15, 0.2) is 0 Å². The molecule has 0 aliphatic carbocycles. The molecule has 0 spiro atoms.